The fourth-order valence-corrected chi connectivity index (χ4v) is 1.01. The lowest BCUT2D eigenvalue weighted by Gasteiger charge is -2.04. The summed E-state index contributed by atoms with van der Waals surface area (Å²) >= 11 is 0. The van der Waals surface area contributed by atoms with E-state index in [-0.39, 0.29) is 11.3 Å². The first-order valence-electron chi connectivity index (χ1n) is 3.87. The van der Waals surface area contributed by atoms with Crippen LogP contribution in [-0.4, -0.2) is 5.97 Å². The van der Waals surface area contributed by atoms with Crippen LogP contribution in [0.1, 0.15) is 18.1 Å². The van der Waals surface area contributed by atoms with Crippen molar-refractivity contribution in [3.63, 3.8) is 0 Å². The van der Waals surface area contributed by atoms with Gasteiger partial charge in [0.25, 0.3) is 0 Å². The molecule has 0 heterocycles. The smallest absolute Gasteiger partial charge is 0.308 e. The van der Waals surface area contributed by atoms with E-state index in [9.17, 15) is 4.79 Å². The Bertz CT molecular complexity index is 449. The third-order valence-corrected chi connectivity index (χ3v) is 1.55. The van der Waals surface area contributed by atoms with Gasteiger partial charge in [0.05, 0.1) is 0 Å². The second-order valence-electron chi connectivity index (χ2n) is 2.53. The molecule has 1 aromatic carbocycles. The molecule has 0 radical (unpaired) electrons. The van der Waals surface area contributed by atoms with Crippen LogP contribution in [0.3, 0.4) is 0 Å². The number of hydrogen-bond acceptors (Lipinski definition) is 3. The van der Waals surface area contributed by atoms with Crippen LogP contribution in [0.4, 0.5) is 0 Å². The fraction of sp³-hybridized carbons (Fsp3) is 0.0909. The Kier molecular flexibility index (Phi) is 2.89. The Morgan fingerprint density at radius 3 is 2.79 bits per heavy atom. The SMILES string of the molecule is C#Cc1cccc(OC(C)=O)c1C#N. The molecule has 0 N–H and O–H groups in total. The summed E-state index contributed by atoms with van der Waals surface area (Å²) in [5.74, 6) is 2.07. The zero-order chi connectivity index (χ0) is 10.6. The maximum atomic E-state index is 10.7. The maximum Gasteiger partial charge on any atom is 0.308 e. The van der Waals surface area contributed by atoms with Gasteiger partial charge < -0.3 is 4.74 Å². The lowest BCUT2D eigenvalue weighted by atomic mass is 10.1. The average Bonchev–Trinajstić information content (AvgIpc) is 2.16. The molecule has 0 spiro atoms. The van der Waals surface area contributed by atoms with Crippen LogP contribution in [0.25, 0.3) is 0 Å². The van der Waals surface area contributed by atoms with Gasteiger partial charge in [-0.05, 0) is 12.1 Å². The van der Waals surface area contributed by atoms with E-state index in [0.717, 1.165) is 0 Å². The van der Waals surface area contributed by atoms with Gasteiger partial charge in [-0.1, -0.05) is 12.0 Å². The molecule has 3 heteroatoms. The molecule has 1 rings (SSSR count). The molecule has 68 valence electrons. The van der Waals surface area contributed by atoms with E-state index < -0.39 is 5.97 Å². The topological polar surface area (TPSA) is 50.1 Å². The van der Waals surface area contributed by atoms with E-state index in [4.69, 9.17) is 16.4 Å². The zero-order valence-corrected chi connectivity index (χ0v) is 7.57. The second kappa shape index (κ2) is 4.11. The molecule has 0 fully saturated rings. The average molecular weight is 185 g/mol. The van der Waals surface area contributed by atoms with Crippen LogP contribution >= 0.6 is 0 Å². The van der Waals surface area contributed by atoms with Crippen molar-refractivity contribution in [1.82, 2.24) is 0 Å². The van der Waals surface area contributed by atoms with Crippen molar-refractivity contribution < 1.29 is 9.53 Å². The summed E-state index contributed by atoms with van der Waals surface area (Å²) < 4.78 is 4.82. The molecule has 0 amide bonds. The molecular formula is C11H7NO2. The number of terminal acetylenes is 1. The third kappa shape index (κ3) is 1.91. The molecule has 0 bridgehead atoms. The van der Waals surface area contributed by atoms with Crippen LogP contribution in [0, 0.1) is 23.7 Å². The summed E-state index contributed by atoms with van der Waals surface area (Å²) in [7, 11) is 0. The Labute approximate surface area is 81.9 Å². The Morgan fingerprint density at radius 1 is 1.57 bits per heavy atom. The normalized spacial score (nSPS) is 8.50. The van der Waals surface area contributed by atoms with Crippen LogP contribution in [-0.2, 0) is 4.79 Å². The molecule has 0 aromatic heterocycles. The van der Waals surface area contributed by atoms with Gasteiger partial charge in [-0.15, -0.1) is 6.42 Å². The standard InChI is InChI=1S/C11H7NO2/c1-3-9-5-4-6-11(10(9)7-12)14-8(2)13/h1,4-6H,2H3. The molecule has 0 saturated carbocycles. The van der Waals surface area contributed by atoms with Gasteiger partial charge in [-0.3, -0.25) is 4.79 Å². The highest BCUT2D eigenvalue weighted by molar-refractivity contribution is 5.71. The summed E-state index contributed by atoms with van der Waals surface area (Å²) in [6.07, 6.45) is 5.18. The molecule has 3 nitrogen and oxygen atoms in total. The molecule has 0 saturated heterocycles. The summed E-state index contributed by atoms with van der Waals surface area (Å²) in [6, 6.07) is 6.68. The van der Waals surface area contributed by atoms with Crippen molar-refractivity contribution >= 4 is 5.97 Å². The van der Waals surface area contributed by atoms with Gasteiger partial charge in [0.15, 0.2) is 0 Å². The van der Waals surface area contributed by atoms with E-state index in [1.54, 1.807) is 12.1 Å². The van der Waals surface area contributed by atoms with Crippen molar-refractivity contribution in [2.45, 2.75) is 6.92 Å². The Hall–Kier alpha value is -2.26. The van der Waals surface area contributed by atoms with E-state index >= 15 is 0 Å². The molecule has 1 aromatic rings. The van der Waals surface area contributed by atoms with Crippen molar-refractivity contribution in [3.05, 3.63) is 29.3 Å². The van der Waals surface area contributed by atoms with E-state index in [2.05, 4.69) is 5.92 Å². The van der Waals surface area contributed by atoms with Crippen LogP contribution in [0.15, 0.2) is 18.2 Å². The van der Waals surface area contributed by atoms with Gasteiger partial charge in [-0.25, -0.2) is 0 Å². The highest BCUT2D eigenvalue weighted by Gasteiger charge is 2.08. The first kappa shape index (κ1) is 9.83. The van der Waals surface area contributed by atoms with Crippen molar-refractivity contribution in [2.75, 3.05) is 0 Å². The summed E-state index contributed by atoms with van der Waals surface area (Å²) in [4.78, 5) is 10.7. The van der Waals surface area contributed by atoms with Crippen molar-refractivity contribution in [1.29, 1.82) is 5.26 Å². The number of esters is 1. The van der Waals surface area contributed by atoms with E-state index in [1.165, 1.54) is 13.0 Å². The van der Waals surface area contributed by atoms with E-state index in [0.29, 0.717) is 5.56 Å². The highest BCUT2D eigenvalue weighted by Crippen LogP contribution is 2.20. The zero-order valence-electron chi connectivity index (χ0n) is 7.57. The van der Waals surface area contributed by atoms with Crippen LogP contribution < -0.4 is 4.74 Å². The summed E-state index contributed by atoms with van der Waals surface area (Å²) in [5, 5.41) is 8.81. The molecule has 14 heavy (non-hydrogen) atoms. The molecule has 0 aliphatic carbocycles. The number of hydrogen-bond donors (Lipinski definition) is 0. The number of nitriles is 1. The largest absolute Gasteiger partial charge is 0.425 e. The quantitative estimate of drug-likeness (QED) is 0.378. The second-order valence-corrected chi connectivity index (χ2v) is 2.53. The summed E-state index contributed by atoms with van der Waals surface area (Å²) in [5.41, 5.74) is 0.636. The number of nitrogens with zero attached hydrogens (tertiary/aromatic N) is 1. The van der Waals surface area contributed by atoms with Gasteiger partial charge >= 0.3 is 5.97 Å². The number of carbonyl (C=O) groups excluding carboxylic acids is 1. The van der Waals surface area contributed by atoms with Gasteiger partial charge in [0.1, 0.15) is 17.4 Å². The summed E-state index contributed by atoms with van der Waals surface area (Å²) in [6.45, 7) is 1.27. The van der Waals surface area contributed by atoms with Crippen LogP contribution in [0.5, 0.6) is 5.75 Å². The molecule has 0 aliphatic rings. The molecular weight excluding hydrogens is 178 g/mol. The number of carbonyl (C=O) groups is 1. The molecule has 0 aliphatic heterocycles. The monoisotopic (exact) mass is 185 g/mol. The Balaban J connectivity index is 3.25. The number of ether oxygens (including phenoxy) is 1. The van der Waals surface area contributed by atoms with Gasteiger partial charge in [-0.2, -0.15) is 5.26 Å². The van der Waals surface area contributed by atoms with Crippen molar-refractivity contribution in [3.8, 4) is 24.2 Å². The minimum absolute atomic E-state index is 0.204. The van der Waals surface area contributed by atoms with Crippen LogP contribution in [0.2, 0.25) is 0 Å². The first-order chi connectivity index (χ1) is 6.69. The highest BCUT2D eigenvalue weighted by atomic mass is 16.5. The fourth-order valence-electron chi connectivity index (χ4n) is 1.01. The number of benzene rings is 1. The predicted molar refractivity (Wildman–Crippen MR) is 50.4 cm³/mol. The molecule has 0 atom stereocenters. The maximum absolute atomic E-state index is 10.7. The van der Waals surface area contributed by atoms with Gasteiger partial charge in [0.2, 0.25) is 0 Å². The third-order valence-electron chi connectivity index (χ3n) is 1.55. The molecule has 0 unspecified atom stereocenters. The Morgan fingerprint density at radius 2 is 2.29 bits per heavy atom. The van der Waals surface area contributed by atoms with Gasteiger partial charge in [0, 0.05) is 12.5 Å². The minimum atomic E-state index is -0.476. The first-order valence-corrected chi connectivity index (χ1v) is 3.87. The number of rotatable bonds is 1. The lowest BCUT2D eigenvalue weighted by molar-refractivity contribution is -0.131. The van der Waals surface area contributed by atoms with E-state index in [1.807, 2.05) is 6.07 Å². The predicted octanol–water partition coefficient (Wildman–Crippen LogP) is 1.46. The minimum Gasteiger partial charge on any atom is -0.425 e. The van der Waals surface area contributed by atoms with Crippen molar-refractivity contribution in [2.24, 2.45) is 0 Å². The lowest BCUT2D eigenvalue weighted by Crippen LogP contribution is -2.03.